The van der Waals surface area contributed by atoms with Crippen molar-refractivity contribution in [2.45, 2.75) is 71.3 Å². The van der Waals surface area contributed by atoms with Gasteiger partial charge in [0.05, 0.1) is 0 Å². The molecule has 0 aromatic heterocycles. The number of hydrogen-bond acceptors (Lipinski definition) is 2. The average Bonchev–Trinajstić information content (AvgIpc) is 2.62. The van der Waals surface area contributed by atoms with E-state index in [9.17, 15) is 4.79 Å². The van der Waals surface area contributed by atoms with Crippen LogP contribution in [0.15, 0.2) is 0 Å². The van der Waals surface area contributed by atoms with Gasteiger partial charge in [0.1, 0.15) is 0 Å². The minimum Gasteiger partial charge on any atom is -0.351 e. The van der Waals surface area contributed by atoms with Crippen LogP contribution in [-0.4, -0.2) is 18.0 Å². The van der Waals surface area contributed by atoms with Crippen molar-refractivity contribution in [2.24, 2.45) is 11.1 Å². The smallest absolute Gasteiger partial charge is 0.220 e. The van der Waals surface area contributed by atoms with E-state index in [1.165, 1.54) is 12.8 Å². The monoisotopic (exact) mass is 240 g/mol. The molecule has 100 valence electrons. The van der Waals surface area contributed by atoms with E-state index in [1.54, 1.807) is 0 Å². The summed E-state index contributed by atoms with van der Waals surface area (Å²) in [5.41, 5.74) is 5.82. The summed E-state index contributed by atoms with van der Waals surface area (Å²) in [4.78, 5) is 11.9. The molecule has 0 bridgehead atoms. The molecule has 1 saturated carbocycles. The number of amides is 1. The van der Waals surface area contributed by atoms with Crippen LogP contribution in [0, 0.1) is 5.41 Å². The molecule has 0 heterocycles. The first-order chi connectivity index (χ1) is 7.87. The molecule has 1 rings (SSSR count). The summed E-state index contributed by atoms with van der Waals surface area (Å²) >= 11 is 0. The molecule has 1 aliphatic rings. The quantitative estimate of drug-likeness (QED) is 0.750. The van der Waals surface area contributed by atoms with Crippen molar-refractivity contribution in [1.29, 1.82) is 0 Å². The second-order valence-electron chi connectivity index (χ2n) is 6.52. The zero-order valence-electron chi connectivity index (χ0n) is 11.6. The lowest BCUT2D eigenvalue weighted by Crippen LogP contribution is -2.43. The van der Waals surface area contributed by atoms with E-state index in [2.05, 4.69) is 26.1 Å². The van der Waals surface area contributed by atoms with E-state index < -0.39 is 0 Å². The highest BCUT2D eigenvalue weighted by Gasteiger charge is 2.30. The van der Waals surface area contributed by atoms with E-state index >= 15 is 0 Å². The largest absolute Gasteiger partial charge is 0.351 e. The van der Waals surface area contributed by atoms with Crippen molar-refractivity contribution >= 4 is 5.91 Å². The van der Waals surface area contributed by atoms with Gasteiger partial charge in [-0.2, -0.15) is 0 Å². The van der Waals surface area contributed by atoms with Gasteiger partial charge in [-0.05, 0) is 44.6 Å². The molecule has 0 aliphatic heterocycles. The number of carbonyl (C=O) groups is 1. The van der Waals surface area contributed by atoms with Crippen molar-refractivity contribution in [2.75, 3.05) is 6.54 Å². The Morgan fingerprint density at radius 3 is 2.41 bits per heavy atom. The topological polar surface area (TPSA) is 55.1 Å². The van der Waals surface area contributed by atoms with Crippen LogP contribution < -0.4 is 11.1 Å². The molecule has 1 amide bonds. The van der Waals surface area contributed by atoms with Crippen LogP contribution in [0.1, 0.15) is 65.7 Å². The molecule has 3 heteroatoms. The molecule has 3 N–H and O–H groups in total. The molecule has 0 atom stereocenters. The van der Waals surface area contributed by atoms with Crippen molar-refractivity contribution in [3.05, 3.63) is 0 Å². The molecule has 0 saturated heterocycles. The molecule has 0 unspecified atom stereocenters. The third kappa shape index (κ3) is 5.07. The van der Waals surface area contributed by atoms with Gasteiger partial charge in [-0.3, -0.25) is 4.79 Å². The Morgan fingerprint density at radius 2 is 1.88 bits per heavy atom. The lowest BCUT2D eigenvalue weighted by molar-refractivity contribution is -0.123. The molecule has 0 aromatic carbocycles. The van der Waals surface area contributed by atoms with Crippen LogP contribution in [0.2, 0.25) is 0 Å². The number of rotatable bonds is 6. The predicted octanol–water partition coefficient (Wildman–Crippen LogP) is 2.59. The third-order valence-corrected chi connectivity index (χ3v) is 4.00. The van der Waals surface area contributed by atoms with Gasteiger partial charge in [-0.1, -0.05) is 26.7 Å². The molecule has 17 heavy (non-hydrogen) atoms. The Kier molecular flexibility index (Phi) is 4.99. The van der Waals surface area contributed by atoms with Crippen LogP contribution in [-0.2, 0) is 4.79 Å². The summed E-state index contributed by atoms with van der Waals surface area (Å²) in [5.74, 6) is 0.208. The summed E-state index contributed by atoms with van der Waals surface area (Å²) in [7, 11) is 0. The van der Waals surface area contributed by atoms with E-state index in [4.69, 9.17) is 5.73 Å². The SMILES string of the molecule is CC(C)(CCN)CCC(=O)NC1(C)CCCC1. The Morgan fingerprint density at radius 1 is 1.29 bits per heavy atom. The Balaban J connectivity index is 2.30. The fraction of sp³-hybridized carbons (Fsp3) is 0.929. The molecule has 0 spiro atoms. The first kappa shape index (κ1) is 14.5. The van der Waals surface area contributed by atoms with E-state index in [0.717, 1.165) is 25.7 Å². The second kappa shape index (κ2) is 5.85. The molecule has 0 radical (unpaired) electrons. The fourth-order valence-electron chi connectivity index (χ4n) is 2.65. The summed E-state index contributed by atoms with van der Waals surface area (Å²) in [6.45, 7) is 7.24. The molecular formula is C14H28N2O. The van der Waals surface area contributed by atoms with Gasteiger partial charge in [0, 0.05) is 12.0 Å². The number of hydrogen-bond donors (Lipinski definition) is 2. The van der Waals surface area contributed by atoms with Gasteiger partial charge in [0.2, 0.25) is 5.91 Å². The van der Waals surface area contributed by atoms with Gasteiger partial charge in [0.15, 0.2) is 0 Å². The van der Waals surface area contributed by atoms with Gasteiger partial charge < -0.3 is 11.1 Å². The van der Waals surface area contributed by atoms with E-state index in [0.29, 0.717) is 13.0 Å². The summed E-state index contributed by atoms with van der Waals surface area (Å²) in [6, 6.07) is 0. The van der Waals surface area contributed by atoms with E-state index in [-0.39, 0.29) is 16.9 Å². The lowest BCUT2D eigenvalue weighted by Gasteiger charge is -2.27. The molecule has 3 nitrogen and oxygen atoms in total. The molecule has 0 aromatic rings. The van der Waals surface area contributed by atoms with Crippen molar-refractivity contribution in [3.8, 4) is 0 Å². The maximum atomic E-state index is 11.9. The maximum absolute atomic E-state index is 11.9. The van der Waals surface area contributed by atoms with Gasteiger partial charge in [-0.25, -0.2) is 0 Å². The highest BCUT2D eigenvalue weighted by atomic mass is 16.1. The average molecular weight is 240 g/mol. The summed E-state index contributed by atoms with van der Waals surface area (Å²) < 4.78 is 0. The highest BCUT2D eigenvalue weighted by molar-refractivity contribution is 5.76. The summed E-state index contributed by atoms with van der Waals surface area (Å²) in [5, 5.41) is 3.20. The van der Waals surface area contributed by atoms with Crippen molar-refractivity contribution < 1.29 is 4.79 Å². The van der Waals surface area contributed by atoms with Gasteiger partial charge in [-0.15, -0.1) is 0 Å². The fourth-order valence-corrected chi connectivity index (χ4v) is 2.65. The van der Waals surface area contributed by atoms with Gasteiger partial charge in [0.25, 0.3) is 0 Å². The number of carbonyl (C=O) groups excluding carboxylic acids is 1. The normalized spacial score (nSPS) is 19.3. The van der Waals surface area contributed by atoms with Crippen LogP contribution in [0.4, 0.5) is 0 Å². The standard InChI is InChI=1S/C14H28N2O/c1-13(2,10-11-15)9-6-12(17)16-14(3)7-4-5-8-14/h4-11,15H2,1-3H3,(H,16,17). The Labute approximate surface area is 106 Å². The Bertz CT molecular complexity index is 255. The van der Waals surface area contributed by atoms with Crippen LogP contribution in [0.5, 0.6) is 0 Å². The molecule has 1 fully saturated rings. The summed E-state index contributed by atoms with van der Waals surface area (Å²) in [6.07, 6.45) is 7.28. The first-order valence-corrected chi connectivity index (χ1v) is 6.88. The third-order valence-electron chi connectivity index (χ3n) is 4.00. The minimum atomic E-state index is 0.0646. The molecular weight excluding hydrogens is 212 g/mol. The maximum Gasteiger partial charge on any atom is 0.220 e. The van der Waals surface area contributed by atoms with Crippen LogP contribution in [0.25, 0.3) is 0 Å². The Hall–Kier alpha value is -0.570. The number of nitrogens with two attached hydrogens (primary N) is 1. The zero-order chi connectivity index (χ0) is 12.9. The first-order valence-electron chi connectivity index (χ1n) is 6.88. The predicted molar refractivity (Wildman–Crippen MR) is 71.7 cm³/mol. The second-order valence-corrected chi connectivity index (χ2v) is 6.52. The molecule has 1 aliphatic carbocycles. The van der Waals surface area contributed by atoms with Crippen LogP contribution >= 0.6 is 0 Å². The van der Waals surface area contributed by atoms with E-state index in [1.807, 2.05) is 0 Å². The zero-order valence-corrected chi connectivity index (χ0v) is 11.6. The van der Waals surface area contributed by atoms with Crippen molar-refractivity contribution in [1.82, 2.24) is 5.32 Å². The number of nitrogens with one attached hydrogen (secondary N) is 1. The highest BCUT2D eigenvalue weighted by Crippen LogP contribution is 2.30. The van der Waals surface area contributed by atoms with Crippen LogP contribution in [0.3, 0.4) is 0 Å². The van der Waals surface area contributed by atoms with Gasteiger partial charge >= 0.3 is 0 Å². The lowest BCUT2D eigenvalue weighted by atomic mass is 9.84. The van der Waals surface area contributed by atoms with Crippen molar-refractivity contribution in [3.63, 3.8) is 0 Å². The minimum absolute atomic E-state index is 0.0646.